The van der Waals surface area contributed by atoms with Gasteiger partial charge in [0.25, 0.3) is 5.91 Å². The monoisotopic (exact) mass is 669 g/mol. The van der Waals surface area contributed by atoms with E-state index in [4.69, 9.17) is 14.5 Å². The minimum absolute atomic E-state index is 0.00402. The fourth-order valence-corrected chi connectivity index (χ4v) is 6.54. The standard InChI is InChI=1S/C36H44FN9O3/c1-4-49-22-21-45-33-8-6-5-7-32(33)40-36(45)39-29-16-19-44(20-17-29)18-15-27(26-9-11-28(37)12-10-26)24-43(2)35(47)31-23-30(13-14-34(31)48-3)46-25-38-41-42-46/h5-14,23,25,27,29H,4,15-22,24H2,1-3H3,(H,39,40). The molecule has 1 atom stereocenters. The molecule has 1 unspecified atom stereocenters. The van der Waals surface area contributed by atoms with Crippen molar-refractivity contribution in [2.45, 2.75) is 44.7 Å². The third kappa shape index (κ3) is 8.23. The minimum atomic E-state index is -0.280. The van der Waals surface area contributed by atoms with Crippen molar-refractivity contribution in [2.24, 2.45) is 0 Å². The summed E-state index contributed by atoms with van der Waals surface area (Å²) in [6, 6.07) is 20.4. The second-order valence-corrected chi connectivity index (χ2v) is 12.4. The van der Waals surface area contributed by atoms with Crippen molar-refractivity contribution in [3.05, 3.63) is 90.0 Å². The fourth-order valence-electron chi connectivity index (χ4n) is 6.54. The predicted molar refractivity (Wildman–Crippen MR) is 186 cm³/mol. The minimum Gasteiger partial charge on any atom is -0.496 e. The molecule has 0 bridgehead atoms. The van der Waals surface area contributed by atoms with Crippen molar-refractivity contribution in [3.8, 4) is 11.4 Å². The topological polar surface area (TPSA) is 115 Å². The van der Waals surface area contributed by atoms with Crippen LogP contribution in [0, 0.1) is 5.82 Å². The molecule has 1 aliphatic rings. The number of likely N-dealkylation sites (N-methyl/N-ethyl adjacent to an activating group) is 1. The summed E-state index contributed by atoms with van der Waals surface area (Å²) >= 11 is 0. The highest BCUT2D eigenvalue weighted by Crippen LogP contribution is 2.28. The van der Waals surface area contributed by atoms with Gasteiger partial charge in [0.05, 0.1) is 36.0 Å². The number of ether oxygens (including phenoxy) is 2. The number of rotatable bonds is 15. The number of nitrogens with one attached hydrogen (secondary N) is 1. The van der Waals surface area contributed by atoms with Gasteiger partial charge in [0.2, 0.25) is 5.95 Å². The molecule has 5 aromatic rings. The SMILES string of the molecule is CCOCCn1c(NC2CCN(CCC(CN(C)C(=O)c3cc(-n4cnnn4)ccc3OC)c3ccc(F)cc3)CC2)nc2ccccc21. The van der Waals surface area contributed by atoms with E-state index in [0.29, 0.717) is 42.8 Å². The highest BCUT2D eigenvalue weighted by molar-refractivity contribution is 5.97. The number of anilines is 1. The van der Waals surface area contributed by atoms with Crippen molar-refractivity contribution >= 4 is 22.9 Å². The third-order valence-corrected chi connectivity index (χ3v) is 9.24. The second-order valence-electron chi connectivity index (χ2n) is 12.4. The molecule has 49 heavy (non-hydrogen) atoms. The molecule has 1 aliphatic heterocycles. The summed E-state index contributed by atoms with van der Waals surface area (Å²) < 4.78 is 28.8. The number of likely N-dealkylation sites (tertiary alicyclic amines) is 1. The van der Waals surface area contributed by atoms with Crippen LogP contribution < -0.4 is 10.1 Å². The van der Waals surface area contributed by atoms with Crippen LogP contribution in [0.15, 0.2) is 73.1 Å². The summed E-state index contributed by atoms with van der Waals surface area (Å²) in [5.74, 6) is 0.899. The highest BCUT2D eigenvalue weighted by atomic mass is 19.1. The lowest BCUT2D eigenvalue weighted by Crippen LogP contribution is -2.40. The van der Waals surface area contributed by atoms with Crippen molar-refractivity contribution in [3.63, 3.8) is 0 Å². The lowest BCUT2D eigenvalue weighted by Gasteiger charge is -2.34. The molecule has 3 heterocycles. The molecular formula is C36H44FN9O3. The first-order chi connectivity index (χ1) is 23.9. The number of piperidine rings is 1. The summed E-state index contributed by atoms with van der Waals surface area (Å²) in [6.07, 6.45) is 4.28. The molecule has 6 rings (SSSR count). The Hall–Kier alpha value is -4.88. The van der Waals surface area contributed by atoms with Gasteiger partial charge in [-0.05, 0) is 91.2 Å². The van der Waals surface area contributed by atoms with Gasteiger partial charge in [-0.3, -0.25) is 4.79 Å². The fraction of sp³-hybridized carbons (Fsp3) is 0.417. The quantitative estimate of drug-likeness (QED) is 0.154. The summed E-state index contributed by atoms with van der Waals surface area (Å²) in [5, 5.41) is 15.1. The average molecular weight is 670 g/mol. The van der Waals surface area contributed by atoms with E-state index in [1.165, 1.54) is 23.1 Å². The van der Waals surface area contributed by atoms with Crippen molar-refractivity contribution in [1.82, 2.24) is 39.6 Å². The van der Waals surface area contributed by atoms with Gasteiger partial charge in [-0.15, -0.1) is 5.10 Å². The Balaban J connectivity index is 1.09. The summed E-state index contributed by atoms with van der Waals surface area (Å²) in [5.41, 5.74) is 4.15. The number of carbonyl (C=O) groups excluding carboxylic acids is 1. The molecule has 1 N–H and O–H groups in total. The van der Waals surface area contributed by atoms with E-state index in [1.54, 1.807) is 37.3 Å². The largest absolute Gasteiger partial charge is 0.496 e. The number of imidazole rings is 1. The lowest BCUT2D eigenvalue weighted by atomic mass is 9.94. The number of hydrogen-bond acceptors (Lipinski definition) is 9. The molecule has 12 nitrogen and oxygen atoms in total. The third-order valence-electron chi connectivity index (χ3n) is 9.24. The highest BCUT2D eigenvalue weighted by Gasteiger charge is 2.25. The lowest BCUT2D eigenvalue weighted by molar-refractivity contribution is 0.0778. The van der Waals surface area contributed by atoms with Crippen LogP contribution in [0.3, 0.4) is 0 Å². The summed E-state index contributed by atoms with van der Waals surface area (Å²) in [4.78, 5) is 22.9. The maximum Gasteiger partial charge on any atom is 0.257 e. The van der Waals surface area contributed by atoms with Gasteiger partial charge in [0, 0.05) is 51.8 Å². The number of nitrogens with zero attached hydrogens (tertiary/aromatic N) is 8. The van der Waals surface area contributed by atoms with E-state index in [-0.39, 0.29) is 17.6 Å². The predicted octanol–water partition coefficient (Wildman–Crippen LogP) is 5.02. The smallest absolute Gasteiger partial charge is 0.257 e. The second kappa shape index (κ2) is 16.0. The normalized spacial score (nSPS) is 14.6. The van der Waals surface area contributed by atoms with Gasteiger partial charge in [-0.2, -0.15) is 0 Å². The summed E-state index contributed by atoms with van der Waals surface area (Å²) in [6.45, 7) is 7.30. The van der Waals surface area contributed by atoms with Crippen LogP contribution in [0.2, 0.25) is 0 Å². The maximum atomic E-state index is 13.9. The molecule has 3 aromatic carbocycles. The number of halogens is 1. The molecule has 13 heteroatoms. The number of hydrogen-bond donors (Lipinski definition) is 1. The zero-order valence-electron chi connectivity index (χ0n) is 28.3. The first-order valence-electron chi connectivity index (χ1n) is 16.9. The molecule has 1 saturated heterocycles. The molecule has 0 radical (unpaired) electrons. The molecule has 1 amide bonds. The maximum absolute atomic E-state index is 13.9. The van der Waals surface area contributed by atoms with E-state index < -0.39 is 0 Å². The van der Waals surface area contributed by atoms with Crippen LogP contribution in [-0.4, -0.2) is 105 Å². The first-order valence-corrected chi connectivity index (χ1v) is 16.9. The molecule has 0 saturated carbocycles. The van der Waals surface area contributed by atoms with Crippen molar-refractivity contribution in [1.29, 1.82) is 0 Å². The zero-order valence-corrected chi connectivity index (χ0v) is 28.3. The molecule has 2 aromatic heterocycles. The van der Waals surface area contributed by atoms with Crippen LogP contribution >= 0.6 is 0 Å². The van der Waals surface area contributed by atoms with Gasteiger partial charge in [0.1, 0.15) is 17.9 Å². The van der Waals surface area contributed by atoms with Gasteiger partial charge in [-0.1, -0.05) is 24.3 Å². The van der Waals surface area contributed by atoms with Crippen LogP contribution in [0.5, 0.6) is 5.75 Å². The Morgan fingerprint density at radius 3 is 2.61 bits per heavy atom. The number of aromatic nitrogens is 6. The van der Waals surface area contributed by atoms with Crippen molar-refractivity contribution in [2.75, 3.05) is 58.9 Å². The number of para-hydroxylation sites is 2. The Kier molecular flexibility index (Phi) is 11.1. The Labute approximate surface area is 285 Å². The summed E-state index contributed by atoms with van der Waals surface area (Å²) in [7, 11) is 3.34. The van der Waals surface area contributed by atoms with E-state index in [0.717, 1.165) is 68.0 Å². The van der Waals surface area contributed by atoms with Crippen LogP contribution in [-0.2, 0) is 11.3 Å². The van der Waals surface area contributed by atoms with Crippen LogP contribution in [0.25, 0.3) is 16.7 Å². The molecule has 0 aliphatic carbocycles. The molecular weight excluding hydrogens is 625 g/mol. The molecule has 258 valence electrons. The Morgan fingerprint density at radius 2 is 1.88 bits per heavy atom. The van der Waals surface area contributed by atoms with E-state index in [9.17, 15) is 9.18 Å². The van der Waals surface area contributed by atoms with Gasteiger partial charge in [-0.25, -0.2) is 14.1 Å². The Morgan fingerprint density at radius 1 is 1.08 bits per heavy atom. The van der Waals surface area contributed by atoms with Gasteiger partial charge < -0.3 is 29.2 Å². The number of tetrazole rings is 1. The number of carbonyl (C=O) groups is 1. The van der Waals surface area contributed by atoms with Crippen molar-refractivity contribution < 1.29 is 18.7 Å². The van der Waals surface area contributed by atoms with Crippen LogP contribution in [0.4, 0.5) is 10.3 Å². The first kappa shape index (κ1) is 34.0. The van der Waals surface area contributed by atoms with Crippen LogP contribution in [0.1, 0.15) is 48.0 Å². The van der Waals surface area contributed by atoms with E-state index in [1.807, 2.05) is 37.3 Å². The molecule has 0 spiro atoms. The molecule has 1 fully saturated rings. The van der Waals surface area contributed by atoms with E-state index >= 15 is 0 Å². The van der Waals surface area contributed by atoms with Gasteiger partial charge in [0.15, 0.2) is 0 Å². The Bertz CT molecular complexity index is 1800. The number of methoxy groups -OCH3 is 1. The average Bonchev–Trinajstić information content (AvgIpc) is 3.79. The zero-order chi connectivity index (χ0) is 34.2. The number of fused-ring (bicyclic) bond motifs is 1. The van der Waals surface area contributed by atoms with Gasteiger partial charge >= 0.3 is 0 Å². The number of benzene rings is 3. The number of amides is 1. The van der Waals surface area contributed by atoms with E-state index in [2.05, 4.69) is 36.4 Å².